The Hall–Kier alpha value is -2.16. The fourth-order valence-electron chi connectivity index (χ4n) is 1.58. The maximum absolute atomic E-state index is 12.6. The first-order chi connectivity index (χ1) is 9.77. The average molecular weight is 317 g/mol. The number of halogens is 3. The van der Waals surface area contributed by atoms with Gasteiger partial charge in [-0.25, -0.2) is 14.8 Å². The van der Waals surface area contributed by atoms with Crippen molar-refractivity contribution < 1.29 is 23.1 Å². The zero-order chi connectivity index (χ0) is 15.6. The van der Waals surface area contributed by atoms with Crippen LogP contribution in [0, 0.1) is 6.92 Å². The largest absolute Gasteiger partial charge is 0.478 e. The Bertz CT molecular complexity index is 670. The van der Waals surface area contributed by atoms with E-state index in [1.807, 2.05) is 0 Å². The number of carboxylic acids is 1. The third kappa shape index (κ3) is 3.69. The standard InChI is InChI=1S/C12H10F3N3O2S/c1-6-16-4-7(21-6)5-17-10-8(11(19)20)2-3-9(18-10)12(13,14)15/h2-4H,5H2,1H3,(H,17,18)(H,19,20). The fraction of sp³-hybridized carbons (Fsp3) is 0.250. The van der Waals surface area contributed by atoms with Crippen molar-refractivity contribution in [1.29, 1.82) is 0 Å². The number of aryl methyl sites for hydroxylation is 1. The number of hydrogen-bond donors (Lipinski definition) is 2. The van der Waals surface area contributed by atoms with Gasteiger partial charge < -0.3 is 10.4 Å². The van der Waals surface area contributed by atoms with E-state index in [0.29, 0.717) is 6.07 Å². The third-order valence-electron chi connectivity index (χ3n) is 2.52. The van der Waals surface area contributed by atoms with Crippen LogP contribution in [-0.4, -0.2) is 21.0 Å². The number of pyridine rings is 1. The first kappa shape index (κ1) is 15.2. The molecule has 0 bridgehead atoms. The zero-order valence-electron chi connectivity index (χ0n) is 10.7. The van der Waals surface area contributed by atoms with Gasteiger partial charge in [0, 0.05) is 11.1 Å². The van der Waals surface area contributed by atoms with E-state index in [1.165, 1.54) is 11.3 Å². The molecule has 0 fully saturated rings. The predicted octanol–water partition coefficient (Wildman–Crippen LogP) is 3.18. The number of carbonyl (C=O) groups is 1. The normalized spacial score (nSPS) is 11.4. The first-order valence-electron chi connectivity index (χ1n) is 5.74. The molecular weight excluding hydrogens is 307 g/mol. The number of carboxylic acid groups (broad SMARTS) is 1. The van der Waals surface area contributed by atoms with Crippen molar-refractivity contribution in [3.05, 3.63) is 39.5 Å². The van der Waals surface area contributed by atoms with E-state index in [1.54, 1.807) is 13.1 Å². The van der Waals surface area contributed by atoms with Gasteiger partial charge in [-0.15, -0.1) is 11.3 Å². The van der Waals surface area contributed by atoms with Crippen LogP contribution >= 0.6 is 11.3 Å². The Labute approximate surface area is 121 Å². The molecule has 21 heavy (non-hydrogen) atoms. The van der Waals surface area contributed by atoms with Gasteiger partial charge in [0.2, 0.25) is 0 Å². The molecule has 0 atom stereocenters. The molecule has 0 saturated heterocycles. The molecule has 0 spiro atoms. The number of aromatic nitrogens is 2. The fourth-order valence-corrected chi connectivity index (χ4v) is 2.32. The second-order valence-electron chi connectivity index (χ2n) is 4.09. The number of rotatable bonds is 4. The molecular formula is C12H10F3N3O2S. The van der Waals surface area contributed by atoms with Gasteiger partial charge in [-0.1, -0.05) is 0 Å². The lowest BCUT2D eigenvalue weighted by molar-refractivity contribution is -0.141. The lowest BCUT2D eigenvalue weighted by Gasteiger charge is -2.11. The Morgan fingerprint density at radius 3 is 2.67 bits per heavy atom. The van der Waals surface area contributed by atoms with Gasteiger partial charge in [-0.2, -0.15) is 13.2 Å². The molecule has 0 unspecified atom stereocenters. The lowest BCUT2D eigenvalue weighted by atomic mass is 10.2. The van der Waals surface area contributed by atoms with Crippen LogP contribution in [0.5, 0.6) is 0 Å². The van der Waals surface area contributed by atoms with E-state index < -0.39 is 17.8 Å². The van der Waals surface area contributed by atoms with E-state index in [9.17, 15) is 18.0 Å². The third-order valence-corrected chi connectivity index (χ3v) is 3.43. The van der Waals surface area contributed by atoms with Crippen molar-refractivity contribution in [2.24, 2.45) is 0 Å². The molecule has 0 aliphatic heterocycles. The second-order valence-corrected chi connectivity index (χ2v) is 5.41. The minimum Gasteiger partial charge on any atom is -0.478 e. The quantitative estimate of drug-likeness (QED) is 0.906. The molecule has 112 valence electrons. The molecule has 0 aliphatic carbocycles. The van der Waals surface area contributed by atoms with Crippen LogP contribution in [0.1, 0.15) is 25.9 Å². The number of aromatic carboxylic acids is 1. The van der Waals surface area contributed by atoms with Crippen LogP contribution in [0.15, 0.2) is 18.3 Å². The van der Waals surface area contributed by atoms with Crippen molar-refractivity contribution >= 4 is 23.1 Å². The monoisotopic (exact) mass is 317 g/mol. The Balaban J connectivity index is 2.28. The number of alkyl halides is 3. The summed E-state index contributed by atoms with van der Waals surface area (Å²) in [4.78, 5) is 19.2. The van der Waals surface area contributed by atoms with Crippen molar-refractivity contribution in [1.82, 2.24) is 9.97 Å². The van der Waals surface area contributed by atoms with Gasteiger partial charge in [-0.3, -0.25) is 0 Å². The molecule has 0 saturated carbocycles. The molecule has 9 heteroatoms. The Morgan fingerprint density at radius 1 is 1.43 bits per heavy atom. The highest BCUT2D eigenvalue weighted by Crippen LogP contribution is 2.29. The number of nitrogens with zero attached hydrogens (tertiary/aromatic N) is 2. The van der Waals surface area contributed by atoms with E-state index in [4.69, 9.17) is 5.11 Å². The van der Waals surface area contributed by atoms with Crippen LogP contribution in [0.4, 0.5) is 19.0 Å². The predicted molar refractivity (Wildman–Crippen MR) is 70.4 cm³/mol. The SMILES string of the molecule is Cc1ncc(CNc2nc(C(F)(F)F)ccc2C(=O)O)s1. The molecule has 5 nitrogen and oxygen atoms in total. The summed E-state index contributed by atoms with van der Waals surface area (Å²) in [6, 6.07) is 1.53. The van der Waals surface area contributed by atoms with Crippen molar-refractivity contribution in [2.75, 3.05) is 5.32 Å². The maximum atomic E-state index is 12.6. The summed E-state index contributed by atoms with van der Waals surface area (Å²) in [5.74, 6) is -1.66. The molecule has 2 aromatic heterocycles. The van der Waals surface area contributed by atoms with Crippen molar-refractivity contribution in [3.63, 3.8) is 0 Å². The van der Waals surface area contributed by atoms with Crippen molar-refractivity contribution in [3.8, 4) is 0 Å². The van der Waals surface area contributed by atoms with E-state index in [2.05, 4.69) is 15.3 Å². The van der Waals surface area contributed by atoms with Crippen LogP contribution in [0.25, 0.3) is 0 Å². The van der Waals surface area contributed by atoms with E-state index >= 15 is 0 Å². The van der Waals surface area contributed by atoms with Gasteiger partial charge in [-0.05, 0) is 19.1 Å². The molecule has 0 aromatic carbocycles. The molecule has 2 aromatic rings. The van der Waals surface area contributed by atoms with Crippen LogP contribution in [0.2, 0.25) is 0 Å². The highest BCUT2D eigenvalue weighted by atomic mass is 32.1. The molecule has 0 radical (unpaired) electrons. The Morgan fingerprint density at radius 2 is 2.14 bits per heavy atom. The minimum absolute atomic E-state index is 0.153. The number of nitrogens with one attached hydrogen (secondary N) is 1. The molecule has 2 N–H and O–H groups in total. The van der Waals surface area contributed by atoms with Gasteiger partial charge >= 0.3 is 12.1 Å². The van der Waals surface area contributed by atoms with Crippen LogP contribution in [0.3, 0.4) is 0 Å². The second kappa shape index (κ2) is 5.68. The highest BCUT2D eigenvalue weighted by Gasteiger charge is 2.33. The number of thiazole rings is 1. The highest BCUT2D eigenvalue weighted by molar-refractivity contribution is 7.11. The summed E-state index contributed by atoms with van der Waals surface area (Å²) in [5, 5.41) is 12.4. The number of hydrogen-bond acceptors (Lipinski definition) is 5. The lowest BCUT2D eigenvalue weighted by Crippen LogP contribution is -2.14. The topological polar surface area (TPSA) is 75.1 Å². The maximum Gasteiger partial charge on any atom is 0.433 e. The van der Waals surface area contributed by atoms with Gasteiger partial charge in [0.05, 0.1) is 11.6 Å². The zero-order valence-corrected chi connectivity index (χ0v) is 11.5. The summed E-state index contributed by atoms with van der Waals surface area (Å²) >= 11 is 1.36. The summed E-state index contributed by atoms with van der Waals surface area (Å²) in [6.45, 7) is 1.94. The molecule has 0 aliphatic rings. The summed E-state index contributed by atoms with van der Waals surface area (Å²) in [6.07, 6.45) is -3.06. The molecule has 2 heterocycles. The van der Waals surface area contributed by atoms with E-state index in [-0.39, 0.29) is 17.9 Å². The van der Waals surface area contributed by atoms with Gasteiger partial charge in [0.1, 0.15) is 17.1 Å². The van der Waals surface area contributed by atoms with Crippen LogP contribution in [-0.2, 0) is 12.7 Å². The molecule has 0 amide bonds. The Kier molecular flexibility index (Phi) is 4.12. The summed E-state index contributed by atoms with van der Waals surface area (Å²) in [5.41, 5.74) is -1.46. The van der Waals surface area contributed by atoms with Gasteiger partial charge in [0.25, 0.3) is 0 Å². The summed E-state index contributed by atoms with van der Waals surface area (Å²) < 4.78 is 37.9. The van der Waals surface area contributed by atoms with Crippen molar-refractivity contribution in [2.45, 2.75) is 19.6 Å². The van der Waals surface area contributed by atoms with Crippen LogP contribution < -0.4 is 5.32 Å². The number of anilines is 1. The van der Waals surface area contributed by atoms with Gasteiger partial charge in [0.15, 0.2) is 0 Å². The van der Waals surface area contributed by atoms with E-state index in [0.717, 1.165) is 16.0 Å². The smallest absolute Gasteiger partial charge is 0.433 e. The first-order valence-corrected chi connectivity index (χ1v) is 6.55. The molecule has 2 rings (SSSR count). The average Bonchev–Trinajstić information content (AvgIpc) is 2.80. The minimum atomic E-state index is -4.63. The summed E-state index contributed by atoms with van der Waals surface area (Å²) in [7, 11) is 0.